The first-order chi connectivity index (χ1) is 17.0. The van der Waals surface area contributed by atoms with Gasteiger partial charge >= 0.3 is 0 Å². The zero-order valence-electron chi connectivity index (χ0n) is 19.8. The topological polar surface area (TPSA) is 84.6 Å². The summed E-state index contributed by atoms with van der Waals surface area (Å²) in [6, 6.07) is 13.9. The van der Waals surface area contributed by atoms with Gasteiger partial charge in [-0.3, -0.25) is 9.69 Å². The highest BCUT2D eigenvalue weighted by Gasteiger charge is 2.24. The number of methoxy groups -OCH3 is 1. The van der Waals surface area contributed by atoms with E-state index in [1.165, 1.54) is 12.1 Å². The van der Waals surface area contributed by atoms with Crippen LogP contribution in [0.25, 0.3) is 6.08 Å². The molecule has 2 aromatic carbocycles. The van der Waals surface area contributed by atoms with Gasteiger partial charge in [-0.25, -0.2) is 14.4 Å². The number of carbonyl (C=O) groups is 1. The summed E-state index contributed by atoms with van der Waals surface area (Å²) < 4.78 is 18.6. The van der Waals surface area contributed by atoms with Crippen LogP contribution >= 0.6 is 0 Å². The van der Waals surface area contributed by atoms with Crippen molar-refractivity contribution in [1.29, 1.82) is 0 Å². The van der Waals surface area contributed by atoms with Gasteiger partial charge in [-0.15, -0.1) is 0 Å². The van der Waals surface area contributed by atoms with Crippen molar-refractivity contribution in [1.82, 2.24) is 14.9 Å². The maximum absolute atomic E-state index is 13.1. The molecule has 182 valence electrons. The van der Waals surface area contributed by atoms with Gasteiger partial charge in [0.1, 0.15) is 5.82 Å². The third-order valence-corrected chi connectivity index (χ3v) is 6.15. The second-order valence-electron chi connectivity index (χ2n) is 8.53. The monoisotopic (exact) mass is 475 g/mol. The summed E-state index contributed by atoms with van der Waals surface area (Å²) in [6.07, 6.45) is 7.51. The number of carbonyl (C=O) groups excluding carboxylic acids is 1. The van der Waals surface area contributed by atoms with Crippen molar-refractivity contribution in [3.05, 3.63) is 89.5 Å². The van der Waals surface area contributed by atoms with Gasteiger partial charge in [0, 0.05) is 57.8 Å². The number of ketones is 1. The molecule has 4 rings (SSSR count). The van der Waals surface area contributed by atoms with E-state index in [1.807, 2.05) is 24.3 Å². The first kappa shape index (κ1) is 24.5. The third kappa shape index (κ3) is 6.49. The van der Waals surface area contributed by atoms with Crippen molar-refractivity contribution in [2.24, 2.45) is 0 Å². The number of aromatic nitrogens is 2. The van der Waals surface area contributed by atoms with Crippen LogP contribution in [0.3, 0.4) is 0 Å². The molecule has 0 bridgehead atoms. The number of benzene rings is 2. The molecule has 2 heterocycles. The fourth-order valence-corrected chi connectivity index (χ4v) is 4.10. The Morgan fingerprint density at radius 2 is 1.77 bits per heavy atom. The molecule has 1 fully saturated rings. The number of rotatable bonds is 9. The quantitative estimate of drug-likeness (QED) is 0.375. The molecule has 0 aliphatic carbocycles. The van der Waals surface area contributed by atoms with Gasteiger partial charge in [0.05, 0.1) is 18.2 Å². The highest BCUT2D eigenvalue weighted by atomic mass is 19.1. The molecule has 1 aliphatic rings. The molecular weight excluding hydrogens is 445 g/mol. The number of hydrogen-bond donors (Lipinski definition) is 1. The van der Waals surface area contributed by atoms with Crippen LogP contribution in [0.5, 0.6) is 0 Å². The molecule has 3 aromatic rings. The van der Waals surface area contributed by atoms with Crippen molar-refractivity contribution >= 4 is 23.5 Å². The molecular formula is C27H30FN5O2. The van der Waals surface area contributed by atoms with Crippen LogP contribution < -0.4 is 10.6 Å². The number of nitrogen functional groups attached to an aromatic ring is 1. The Kier molecular flexibility index (Phi) is 8.18. The summed E-state index contributed by atoms with van der Waals surface area (Å²) in [6.45, 7) is 3.73. The van der Waals surface area contributed by atoms with E-state index in [9.17, 15) is 9.18 Å². The van der Waals surface area contributed by atoms with E-state index >= 15 is 0 Å². The molecule has 1 saturated heterocycles. The second kappa shape index (κ2) is 11.7. The highest BCUT2D eigenvalue weighted by molar-refractivity contribution is 5.97. The number of ether oxygens (including phenoxy) is 1. The number of nitrogens with two attached hydrogens (primary N) is 1. The Morgan fingerprint density at radius 3 is 2.43 bits per heavy atom. The molecule has 1 aromatic heterocycles. The highest BCUT2D eigenvalue weighted by Crippen LogP contribution is 2.17. The Hall–Kier alpha value is -3.62. The number of para-hydroxylation sites is 1. The van der Waals surface area contributed by atoms with Gasteiger partial charge in [0.15, 0.2) is 5.78 Å². The van der Waals surface area contributed by atoms with E-state index in [0.717, 1.165) is 37.3 Å². The van der Waals surface area contributed by atoms with E-state index in [1.54, 1.807) is 37.7 Å². The number of nitrogens with zero attached hydrogens (tertiary/aromatic N) is 4. The lowest BCUT2D eigenvalue weighted by atomic mass is 10.0. The SMILES string of the molecule is COCC(/C=C/c1ccc(F)cc1)N1CCN(c2ncc(C(=O)Cc3ccccc3N)cn2)CC1. The van der Waals surface area contributed by atoms with Crippen LogP contribution in [0.1, 0.15) is 21.5 Å². The minimum Gasteiger partial charge on any atom is -0.398 e. The Bertz CT molecular complexity index is 1140. The average molecular weight is 476 g/mol. The molecule has 2 N–H and O–H groups in total. The lowest BCUT2D eigenvalue weighted by molar-refractivity contribution is 0.0992. The summed E-state index contributed by atoms with van der Waals surface area (Å²) >= 11 is 0. The number of anilines is 2. The minimum absolute atomic E-state index is 0.0605. The number of hydrogen-bond acceptors (Lipinski definition) is 7. The lowest BCUT2D eigenvalue weighted by Gasteiger charge is -2.38. The number of halogens is 1. The van der Waals surface area contributed by atoms with Crippen molar-refractivity contribution < 1.29 is 13.9 Å². The molecule has 0 amide bonds. The zero-order valence-corrected chi connectivity index (χ0v) is 19.8. The predicted octanol–water partition coefficient (Wildman–Crippen LogP) is 3.47. The molecule has 0 radical (unpaired) electrons. The Labute approximate surface area is 205 Å². The van der Waals surface area contributed by atoms with Crippen LogP contribution in [0.15, 0.2) is 67.0 Å². The lowest BCUT2D eigenvalue weighted by Crippen LogP contribution is -2.51. The summed E-state index contributed by atoms with van der Waals surface area (Å²) in [7, 11) is 1.69. The molecule has 1 aliphatic heterocycles. The van der Waals surface area contributed by atoms with E-state index in [0.29, 0.717) is 23.8 Å². The van der Waals surface area contributed by atoms with E-state index in [-0.39, 0.29) is 24.1 Å². The summed E-state index contributed by atoms with van der Waals surface area (Å²) in [5.41, 5.74) is 8.79. The van der Waals surface area contributed by atoms with Gasteiger partial charge in [-0.2, -0.15) is 0 Å². The van der Waals surface area contributed by atoms with Crippen LogP contribution in [0, 0.1) is 5.82 Å². The summed E-state index contributed by atoms with van der Waals surface area (Å²) in [4.78, 5) is 26.0. The van der Waals surface area contributed by atoms with E-state index in [4.69, 9.17) is 10.5 Å². The Morgan fingerprint density at radius 1 is 1.09 bits per heavy atom. The average Bonchev–Trinajstić information content (AvgIpc) is 2.89. The molecule has 1 atom stereocenters. The van der Waals surface area contributed by atoms with Crippen LogP contribution in [0.2, 0.25) is 0 Å². The first-order valence-electron chi connectivity index (χ1n) is 11.6. The predicted molar refractivity (Wildman–Crippen MR) is 136 cm³/mol. The minimum atomic E-state index is -0.243. The van der Waals surface area contributed by atoms with Crippen LogP contribution in [-0.2, 0) is 11.2 Å². The van der Waals surface area contributed by atoms with Gasteiger partial charge < -0.3 is 15.4 Å². The van der Waals surface area contributed by atoms with Crippen LogP contribution in [0.4, 0.5) is 16.0 Å². The number of Topliss-reactive ketones (excluding diaryl/α,β-unsaturated/α-hetero) is 1. The molecule has 8 heteroatoms. The van der Waals surface area contributed by atoms with Crippen LogP contribution in [-0.4, -0.2) is 66.6 Å². The smallest absolute Gasteiger partial charge is 0.225 e. The van der Waals surface area contributed by atoms with E-state index in [2.05, 4.69) is 25.8 Å². The van der Waals surface area contributed by atoms with Gasteiger partial charge in [0.25, 0.3) is 0 Å². The second-order valence-corrected chi connectivity index (χ2v) is 8.53. The maximum atomic E-state index is 13.1. The Balaban J connectivity index is 1.33. The standard InChI is InChI=1S/C27H30FN5O2/c1-35-19-24(11-8-20-6-9-23(28)10-7-20)32-12-14-33(15-13-32)27-30-17-22(18-31-27)26(34)16-21-4-2-3-5-25(21)29/h2-11,17-18,24H,12-16,19,29H2,1H3/b11-8+. The van der Waals surface area contributed by atoms with Gasteiger partial charge in [0.2, 0.25) is 5.95 Å². The van der Waals surface area contributed by atoms with Crippen molar-refractivity contribution in [2.45, 2.75) is 12.5 Å². The molecule has 0 spiro atoms. The van der Waals surface area contributed by atoms with Crippen molar-refractivity contribution in [3.63, 3.8) is 0 Å². The fourth-order valence-electron chi connectivity index (χ4n) is 4.10. The maximum Gasteiger partial charge on any atom is 0.225 e. The fraction of sp³-hybridized carbons (Fsp3) is 0.296. The molecule has 0 saturated carbocycles. The first-order valence-corrected chi connectivity index (χ1v) is 11.6. The van der Waals surface area contributed by atoms with Crippen molar-refractivity contribution in [3.8, 4) is 0 Å². The molecule has 35 heavy (non-hydrogen) atoms. The van der Waals surface area contributed by atoms with Gasteiger partial charge in [-0.05, 0) is 29.3 Å². The molecule has 1 unspecified atom stereocenters. The van der Waals surface area contributed by atoms with Gasteiger partial charge in [-0.1, -0.05) is 42.5 Å². The largest absolute Gasteiger partial charge is 0.398 e. The van der Waals surface area contributed by atoms with E-state index < -0.39 is 0 Å². The molecule has 7 nitrogen and oxygen atoms in total. The summed E-state index contributed by atoms with van der Waals surface area (Å²) in [5.74, 6) is 0.312. The number of piperazine rings is 1. The third-order valence-electron chi connectivity index (χ3n) is 6.15. The van der Waals surface area contributed by atoms with Crippen molar-refractivity contribution in [2.75, 3.05) is 50.5 Å². The zero-order chi connectivity index (χ0) is 24.6. The summed E-state index contributed by atoms with van der Waals surface area (Å²) in [5, 5.41) is 0. The normalized spacial score (nSPS) is 15.4.